The summed E-state index contributed by atoms with van der Waals surface area (Å²) in [6, 6.07) is 4.55. The van der Waals surface area contributed by atoms with Gasteiger partial charge in [-0.15, -0.1) is 0 Å². The lowest BCUT2D eigenvalue weighted by Crippen LogP contribution is -2.11. The largest absolute Gasteiger partial charge is 0.473 e. The summed E-state index contributed by atoms with van der Waals surface area (Å²) >= 11 is 0. The van der Waals surface area contributed by atoms with Gasteiger partial charge in [0.1, 0.15) is 0 Å². The van der Waals surface area contributed by atoms with Crippen LogP contribution in [-0.2, 0) is 6.54 Å². The van der Waals surface area contributed by atoms with E-state index in [1.165, 1.54) is 18.5 Å². The van der Waals surface area contributed by atoms with E-state index in [1.807, 2.05) is 38.5 Å². The minimum absolute atomic E-state index is 0.113. The van der Waals surface area contributed by atoms with Crippen molar-refractivity contribution in [3.63, 3.8) is 0 Å². The van der Waals surface area contributed by atoms with E-state index in [2.05, 4.69) is 19.9 Å². The Kier molecular flexibility index (Phi) is 3.58. The first kappa shape index (κ1) is 13.0. The molecule has 20 heavy (non-hydrogen) atoms. The van der Waals surface area contributed by atoms with Crippen molar-refractivity contribution in [2.24, 2.45) is 0 Å². The van der Waals surface area contributed by atoms with Gasteiger partial charge in [0.15, 0.2) is 0 Å². The van der Waals surface area contributed by atoms with Gasteiger partial charge in [0.05, 0.1) is 30.4 Å². The number of pyridine rings is 1. The first-order valence-electron chi connectivity index (χ1n) is 7.10. The summed E-state index contributed by atoms with van der Waals surface area (Å²) in [5.74, 6) is 0.653. The third-order valence-electron chi connectivity index (χ3n) is 3.26. The Bertz CT molecular complexity index is 575. The van der Waals surface area contributed by atoms with Crippen LogP contribution in [0.2, 0.25) is 0 Å². The normalized spacial score (nSPS) is 14.6. The molecule has 0 amide bonds. The molecule has 0 aromatic carbocycles. The molecule has 1 aliphatic carbocycles. The zero-order valence-electron chi connectivity index (χ0n) is 11.9. The summed E-state index contributed by atoms with van der Waals surface area (Å²) in [6.07, 6.45) is 8.23. The summed E-state index contributed by atoms with van der Waals surface area (Å²) in [5.41, 5.74) is 2.12. The lowest BCUT2D eigenvalue weighted by molar-refractivity contribution is 0.234. The van der Waals surface area contributed by atoms with Crippen LogP contribution in [0.25, 0.3) is 0 Å². The van der Waals surface area contributed by atoms with Crippen LogP contribution < -0.4 is 10.1 Å². The minimum atomic E-state index is 0.113. The predicted molar refractivity (Wildman–Crippen MR) is 77.8 cm³/mol. The van der Waals surface area contributed by atoms with Gasteiger partial charge in [0.25, 0.3) is 0 Å². The smallest absolute Gasteiger partial charge is 0.237 e. The summed E-state index contributed by atoms with van der Waals surface area (Å²) in [6.45, 7) is 4.73. The van der Waals surface area contributed by atoms with Crippen molar-refractivity contribution in [1.29, 1.82) is 0 Å². The molecular formula is C15H20N4O. The number of hydrogen-bond acceptors (Lipinski definition) is 4. The topological polar surface area (TPSA) is 52.0 Å². The van der Waals surface area contributed by atoms with E-state index in [4.69, 9.17) is 4.74 Å². The van der Waals surface area contributed by atoms with Gasteiger partial charge < -0.3 is 14.6 Å². The van der Waals surface area contributed by atoms with Gasteiger partial charge >= 0.3 is 0 Å². The summed E-state index contributed by atoms with van der Waals surface area (Å²) < 4.78 is 7.97. The number of aromatic nitrogens is 3. The van der Waals surface area contributed by atoms with Crippen molar-refractivity contribution in [3.8, 4) is 5.88 Å². The highest BCUT2D eigenvalue weighted by atomic mass is 16.5. The second-order valence-electron chi connectivity index (χ2n) is 5.40. The summed E-state index contributed by atoms with van der Waals surface area (Å²) in [5, 5.41) is 3.40. The van der Waals surface area contributed by atoms with Crippen LogP contribution in [0.1, 0.15) is 38.4 Å². The van der Waals surface area contributed by atoms with Crippen molar-refractivity contribution in [3.05, 3.63) is 36.5 Å². The fourth-order valence-corrected chi connectivity index (χ4v) is 2.18. The van der Waals surface area contributed by atoms with Crippen molar-refractivity contribution < 1.29 is 4.74 Å². The molecule has 0 bridgehead atoms. The van der Waals surface area contributed by atoms with E-state index >= 15 is 0 Å². The van der Waals surface area contributed by atoms with E-state index in [0.29, 0.717) is 11.9 Å². The molecule has 2 aromatic rings. The van der Waals surface area contributed by atoms with Gasteiger partial charge in [0, 0.05) is 18.4 Å². The molecule has 1 saturated carbocycles. The van der Waals surface area contributed by atoms with Crippen LogP contribution in [0.3, 0.4) is 0 Å². The molecule has 2 aromatic heterocycles. The second-order valence-corrected chi connectivity index (χ2v) is 5.40. The van der Waals surface area contributed by atoms with Crippen LogP contribution in [0.15, 0.2) is 30.9 Å². The molecule has 2 heterocycles. The molecule has 106 valence electrons. The standard InChI is InChI=1S/C15H20N4O/c1-11(2)20-15-14(4-3-7-17-15)18-9-13-8-16-10-19(13)12-5-6-12/h3-4,7-8,10-12,18H,5-6,9H2,1-2H3. The van der Waals surface area contributed by atoms with Crippen molar-refractivity contribution in [1.82, 2.24) is 14.5 Å². The Labute approximate surface area is 119 Å². The Hall–Kier alpha value is -2.04. The second kappa shape index (κ2) is 5.53. The van der Waals surface area contributed by atoms with E-state index in [0.717, 1.165) is 12.2 Å². The number of rotatable bonds is 6. The quantitative estimate of drug-likeness (QED) is 0.878. The van der Waals surface area contributed by atoms with Crippen molar-refractivity contribution in [2.45, 2.75) is 45.4 Å². The van der Waals surface area contributed by atoms with Gasteiger partial charge in [-0.2, -0.15) is 0 Å². The average molecular weight is 272 g/mol. The maximum atomic E-state index is 5.71. The predicted octanol–water partition coefficient (Wildman–Crippen LogP) is 3.01. The monoisotopic (exact) mass is 272 g/mol. The first-order chi connectivity index (χ1) is 9.74. The fraction of sp³-hybridized carbons (Fsp3) is 0.467. The molecule has 0 aliphatic heterocycles. The SMILES string of the molecule is CC(C)Oc1ncccc1NCc1cncn1C1CC1. The zero-order chi connectivity index (χ0) is 13.9. The van der Waals surface area contributed by atoms with E-state index < -0.39 is 0 Å². The third kappa shape index (κ3) is 2.92. The highest BCUT2D eigenvalue weighted by Gasteiger charge is 2.25. The Balaban J connectivity index is 1.70. The number of anilines is 1. The molecule has 0 atom stereocenters. The number of hydrogen-bond donors (Lipinski definition) is 1. The van der Waals surface area contributed by atoms with Crippen molar-refractivity contribution >= 4 is 5.69 Å². The van der Waals surface area contributed by atoms with Crippen molar-refractivity contribution in [2.75, 3.05) is 5.32 Å². The van der Waals surface area contributed by atoms with Crippen LogP contribution in [0.5, 0.6) is 5.88 Å². The molecule has 0 radical (unpaired) electrons. The molecule has 3 rings (SSSR count). The maximum absolute atomic E-state index is 5.71. The van der Waals surface area contributed by atoms with E-state index in [1.54, 1.807) is 6.20 Å². The number of imidazole rings is 1. The number of ether oxygens (including phenoxy) is 1. The lowest BCUT2D eigenvalue weighted by Gasteiger charge is -2.14. The van der Waals surface area contributed by atoms with Gasteiger partial charge in [-0.05, 0) is 38.8 Å². The fourth-order valence-electron chi connectivity index (χ4n) is 2.18. The third-order valence-corrected chi connectivity index (χ3v) is 3.26. The van der Waals surface area contributed by atoms with Crippen LogP contribution in [-0.4, -0.2) is 20.6 Å². The molecule has 0 saturated heterocycles. The maximum Gasteiger partial charge on any atom is 0.237 e. The minimum Gasteiger partial charge on any atom is -0.473 e. The van der Waals surface area contributed by atoms with Crippen LogP contribution in [0, 0.1) is 0 Å². The molecule has 0 unspecified atom stereocenters. The number of nitrogens with one attached hydrogen (secondary N) is 1. The lowest BCUT2D eigenvalue weighted by atomic mass is 10.3. The van der Waals surface area contributed by atoms with Crippen LogP contribution >= 0.6 is 0 Å². The Morgan fingerprint density at radius 1 is 1.45 bits per heavy atom. The van der Waals surface area contributed by atoms with Gasteiger partial charge in [0.2, 0.25) is 5.88 Å². The molecule has 1 aliphatic rings. The van der Waals surface area contributed by atoms with Gasteiger partial charge in [-0.3, -0.25) is 0 Å². The zero-order valence-corrected chi connectivity index (χ0v) is 11.9. The Morgan fingerprint density at radius 2 is 2.30 bits per heavy atom. The van der Waals surface area contributed by atoms with Crippen LogP contribution in [0.4, 0.5) is 5.69 Å². The highest BCUT2D eigenvalue weighted by Crippen LogP contribution is 2.35. The van der Waals surface area contributed by atoms with E-state index in [9.17, 15) is 0 Å². The molecule has 1 N–H and O–H groups in total. The number of nitrogens with zero attached hydrogens (tertiary/aromatic N) is 3. The Morgan fingerprint density at radius 3 is 3.05 bits per heavy atom. The molecule has 5 heteroatoms. The summed E-state index contributed by atoms with van der Waals surface area (Å²) in [4.78, 5) is 8.52. The average Bonchev–Trinajstić information content (AvgIpc) is 3.16. The molecular weight excluding hydrogens is 252 g/mol. The highest BCUT2D eigenvalue weighted by molar-refractivity contribution is 5.52. The molecule has 0 spiro atoms. The summed E-state index contributed by atoms with van der Waals surface area (Å²) in [7, 11) is 0. The molecule has 5 nitrogen and oxygen atoms in total. The molecule has 1 fully saturated rings. The van der Waals surface area contributed by atoms with Gasteiger partial charge in [-0.1, -0.05) is 0 Å². The van der Waals surface area contributed by atoms with Gasteiger partial charge in [-0.25, -0.2) is 9.97 Å². The first-order valence-corrected chi connectivity index (χ1v) is 7.10. The van der Waals surface area contributed by atoms with E-state index in [-0.39, 0.29) is 6.10 Å².